The van der Waals surface area contributed by atoms with E-state index in [0.717, 1.165) is 4.68 Å². The number of hydrogen-bond donors (Lipinski definition) is 1. The summed E-state index contributed by atoms with van der Waals surface area (Å²) in [4.78, 5) is 25.0. The Balaban J connectivity index is 1.90. The first kappa shape index (κ1) is 18.4. The summed E-state index contributed by atoms with van der Waals surface area (Å²) in [5.41, 5.74) is 0.272. The normalized spacial score (nSPS) is 10.9. The fraction of sp³-hybridized carbons (Fsp3) is 0.150. The predicted octanol–water partition coefficient (Wildman–Crippen LogP) is 3.89. The van der Waals surface area contributed by atoms with Crippen LogP contribution in [0.2, 0.25) is 0 Å². The Hall–Kier alpha value is -3.35. The summed E-state index contributed by atoms with van der Waals surface area (Å²) in [5.74, 6) is -1.55. The van der Waals surface area contributed by atoms with Gasteiger partial charge in [0.15, 0.2) is 0 Å². The average molecular weight is 369 g/mol. The first-order chi connectivity index (χ1) is 12.9. The summed E-state index contributed by atoms with van der Waals surface area (Å²) in [5, 5.41) is 6.43. The van der Waals surface area contributed by atoms with Crippen molar-refractivity contribution in [3.05, 3.63) is 87.8 Å². The van der Waals surface area contributed by atoms with E-state index in [9.17, 15) is 18.4 Å². The Morgan fingerprint density at radius 1 is 1.07 bits per heavy atom. The molecule has 2 aromatic carbocycles. The molecule has 1 N–H and O–H groups in total. The lowest BCUT2D eigenvalue weighted by Crippen LogP contribution is -2.29. The quantitative estimate of drug-likeness (QED) is 0.759. The van der Waals surface area contributed by atoms with Crippen LogP contribution in [0.4, 0.5) is 14.5 Å². The Bertz CT molecular complexity index is 1040. The van der Waals surface area contributed by atoms with Crippen LogP contribution in [-0.4, -0.2) is 15.7 Å². The van der Waals surface area contributed by atoms with Gasteiger partial charge in [0.05, 0.1) is 5.69 Å². The molecule has 1 heterocycles. The standard InChI is InChI=1S/C20H17F2N3O2/c1-12(2)16-8-5-14(11-18(16)22)24-19(26)17-9-10-23-25(20(17)27)15-6-3-13(21)4-7-15/h3-12H,1-2H3,(H,24,26). The van der Waals surface area contributed by atoms with Crippen LogP contribution >= 0.6 is 0 Å². The molecule has 0 radical (unpaired) electrons. The number of rotatable bonds is 4. The number of halogens is 2. The summed E-state index contributed by atoms with van der Waals surface area (Å²) in [6.45, 7) is 3.73. The summed E-state index contributed by atoms with van der Waals surface area (Å²) in [6.07, 6.45) is 1.29. The van der Waals surface area contributed by atoms with Crippen LogP contribution < -0.4 is 10.9 Å². The van der Waals surface area contributed by atoms with Crippen molar-refractivity contribution in [1.82, 2.24) is 9.78 Å². The third kappa shape index (κ3) is 3.92. The van der Waals surface area contributed by atoms with Gasteiger partial charge in [0.25, 0.3) is 11.5 Å². The van der Waals surface area contributed by atoms with Crippen LogP contribution in [0.25, 0.3) is 5.69 Å². The molecule has 0 aliphatic heterocycles. The van der Waals surface area contributed by atoms with Gasteiger partial charge in [0.2, 0.25) is 0 Å². The van der Waals surface area contributed by atoms with Gasteiger partial charge in [-0.2, -0.15) is 9.78 Å². The van der Waals surface area contributed by atoms with Gasteiger partial charge in [-0.25, -0.2) is 8.78 Å². The van der Waals surface area contributed by atoms with Gasteiger partial charge in [-0.1, -0.05) is 19.9 Å². The van der Waals surface area contributed by atoms with Crippen molar-refractivity contribution in [2.75, 3.05) is 5.32 Å². The second-order valence-electron chi connectivity index (χ2n) is 6.28. The molecule has 3 aromatic rings. The van der Waals surface area contributed by atoms with Crippen LogP contribution in [0.5, 0.6) is 0 Å². The smallest absolute Gasteiger partial charge is 0.284 e. The summed E-state index contributed by atoms with van der Waals surface area (Å²) < 4.78 is 28.2. The molecule has 0 aliphatic rings. The predicted molar refractivity (Wildman–Crippen MR) is 98.2 cm³/mol. The van der Waals surface area contributed by atoms with Crippen LogP contribution in [0.1, 0.15) is 35.7 Å². The molecule has 0 spiro atoms. The fourth-order valence-electron chi connectivity index (χ4n) is 2.62. The number of carbonyl (C=O) groups is 1. The zero-order valence-corrected chi connectivity index (χ0v) is 14.7. The Kier molecular flexibility index (Phi) is 5.12. The van der Waals surface area contributed by atoms with Gasteiger partial charge in [0, 0.05) is 11.9 Å². The molecule has 0 saturated heterocycles. The molecule has 138 valence electrons. The summed E-state index contributed by atoms with van der Waals surface area (Å²) in [7, 11) is 0. The Labute approximate surface area is 154 Å². The van der Waals surface area contributed by atoms with Gasteiger partial charge >= 0.3 is 0 Å². The third-order valence-electron chi connectivity index (χ3n) is 4.04. The van der Waals surface area contributed by atoms with E-state index >= 15 is 0 Å². The van der Waals surface area contributed by atoms with Crippen molar-refractivity contribution >= 4 is 11.6 Å². The number of nitrogens with one attached hydrogen (secondary N) is 1. The maximum atomic E-state index is 14.1. The lowest BCUT2D eigenvalue weighted by atomic mass is 10.0. The molecule has 1 aromatic heterocycles. The van der Waals surface area contributed by atoms with Gasteiger partial charge in [-0.15, -0.1) is 0 Å². The molecule has 0 saturated carbocycles. The van der Waals surface area contributed by atoms with E-state index < -0.39 is 23.1 Å². The average Bonchev–Trinajstić information content (AvgIpc) is 2.62. The molecule has 0 atom stereocenters. The van der Waals surface area contributed by atoms with E-state index in [4.69, 9.17) is 0 Å². The number of anilines is 1. The zero-order chi connectivity index (χ0) is 19.6. The van der Waals surface area contributed by atoms with E-state index in [0.29, 0.717) is 11.3 Å². The van der Waals surface area contributed by atoms with Gasteiger partial charge in [-0.3, -0.25) is 9.59 Å². The second kappa shape index (κ2) is 7.49. The van der Waals surface area contributed by atoms with Crippen LogP contribution in [0.3, 0.4) is 0 Å². The van der Waals surface area contributed by atoms with Crippen molar-refractivity contribution in [3.63, 3.8) is 0 Å². The number of benzene rings is 2. The molecule has 0 unspecified atom stereocenters. The molecule has 1 amide bonds. The highest BCUT2D eigenvalue weighted by Gasteiger charge is 2.15. The van der Waals surface area contributed by atoms with Crippen molar-refractivity contribution < 1.29 is 13.6 Å². The molecule has 5 nitrogen and oxygen atoms in total. The van der Waals surface area contributed by atoms with E-state index in [-0.39, 0.29) is 17.2 Å². The monoisotopic (exact) mass is 369 g/mol. The highest BCUT2D eigenvalue weighted by Crippen LogP contribution is 2.21. The molecular formula is C20H17F2N3O2. The minimum atomic E-state index is -0.685. The first-order valence-corrected chi connectivity index (χ1v) is 8.32. The van der Waals surface area contributed by atoms with Crippen molar-refractivity contribution in [3.8, 4) is 5.69 Å². The number of amides is 1. The van der Waals surface area contributed by atoms with E-state index in [1.54, 1.807) is 12.1 Å². The summed E-state index contributed by atoms with van der Waals surface area (Å²) in [6, 6.07) is 10.8. The van der Waals surface area contributed by atoms with Crippen LogP contribution in [0, 0.1) is 11.6 Å². The molecule has 0 aliphatic carbocycles. The molecule has 0 bridgehead atoms. The molecule has 0 fully saturated rings. The molecular weight excluding hydrogens is 352 g/mol. The van der Waals surface area contributed by atoms with Crippen LogP contribution in [0.15, 0.2) is 59.5 Å². The lowest BCUT2D eigenvalue weighted by molar-refractivity contribution is 0.102. The van der Waals surface area contributed by atoms with Crippen molar-refractivity contribution in [2.45, 2.75) is 19.8 Å². The van der Waals surface area contributed by atoms with E-state index in [2.05, 4.69) is 10.4 Å². The molecule has 7 heteroatoms. The topological polar surface area (TPSA) is 64.0 Å². The molecule has 3 rings (SSSR count). The molecule has 27 heavy (non-hydrogen) atoms. The number of hydrogen-bond acceptors (Lipinski definition) is 3. The van der Waals surface area contributed by atoms with Gasteiger partial charge in [-0.05, 0) is 53.9 Å². The lowest BCUT2D eigenvalue weighted by Gasteiger charge is -2.10. The highest BCUT2D eigenvalue weighted by molar-refractivity contribution is 6.04. The third-order valence-corrected chi connectivity index (χ3v) is 4.04. The highest BCUT2D eigenvalue weighted by atomic mass is 19.1. The number of nitrogens with zero attached hydrogens (tertiary/aromatic N) is 2. The maximum Gasteiger partial charge on any atom is 0.284 e. The number of carbonyl (C=O) groups excluding carboxylic acids is 1. The maximum absolute atomic E-state index is 14.1. The van der Waals surface area contributed by atoms with Gasteiger partial charge in [0.1, 0.15) is 17.2 Å². The van der Waals surface area contributed by atoms with Crippen LogP contribution in [-0.2, 0) is 0 Å². The summed E-state index contributed by atoms with van der Waals surface area (Å²) >= 11 is 0. The first-order valence-electron chi connectivity index (χ1n) is 8.32. The minimum Gasteiger partial charge on any atom is -0.322 e. The number of aromatic nitrogens is 2. The van der Waals surface area contributed by atoms with Crippen molar-refractivity contribution in [1.29, 1.82) is 0 Å². The van der Waals surface area contributed by atoms with Gasteiger partial charge < -0.3 is 5.32 Å². The van der Waals surface area contributed by atoms with Crippen molar-refractivity contribution in [2.24, 2.45) is 0 Å². The Morgan fingerprint density at radius 3 is 2.41 bits per heavy atom. The fourth-order valence-corrected chi connectivity index (χ4v) is 2.62. The zero-order valence-electron chi connectivity index (χ0n) is 14.7. The van der Waals surface area contributed by atoms with E-state index in [1.165, 1.54) is 42.6 Å². The largest absolute Gasteiger partial charge is 0.322 e. The SMILES string of the molecule is CC(C)c1ccc(NC(=O)c2ccnn(-c3ccc(F)cc3)c2=O)cc1F. The second-order valence-corrected chi connectivity index (χ2v) is 6.28. The minimum absolute atomic E-state index is 0.0119. The Morgan fingerprint density at radius 2 is 1.78 bits per heavy atom. The van der Waals surface area contributed by atoms with E-state index in [1.807, 2.05) is 13.8 Å².